The van der Waals surface area contributed by atoms with Crippen LogP contribution in [-0.2, 0) is 11.3 Å². The zero-order valence-electron chi connectivity index (χ0n) is 10.3. The number of nitrogens with zero attached hydrogens (tertiary/aromatic N) is 1. The normalized spacial score (nSPS) is 21.4. The van der Waals surface area contributed by atoms with Crippen molar-refractivity contribution in [2.75, 3.05) is 26.7 Å². The SMILES string of the molecule is CNC(=O)C1CNCCN1Cc1occc1C. The summed E-state index contributed by atoms with van der Waals surface area (Å²) >= 11 is 0. The molecule has 1 aliphatic rings. The van der Waals surface area contributed by atoms with Gasteiger partial charge in [-0.15, -0.1) is 0 Å². The number of likely N-dealkylation sites (N-methyl/N-ethyl adjacent to an activating group) is 1. The first-order chi connectivity index (χ1) is 8.22. The van der Waals surface area contributed by atoms with Crippen LogP contribution in [0.25, 0.3) is 0 Å². The summed E-state index contributed by atoms with van der Waals surface area (Å²) in [6.45, 7) is 5.18. The van der Waals surface area contributed by atoms with Crippen LogP contribution >= 0.6 is 0 Å². The van der Waals surface area contributed by atoms with Crippen LogP contribution in [0.2, 0.25) is 0 Å². The van der Waals surface area contributed by atoms with Gasteiger partial charge in [0.15, 0.2) is 0 Å². The number of hydrogen-bond acceptors (Lipinski definition) is 4. The summed E-state index contributed by atoms with van der Waals surface area (Å²) < 4.78 is 5.43. The predicted octanol–water partition coefficient (Wildman–Crippen LogP) is 0.108. The van der Waals surface area contributed by atoms with Gasteiger partial charge in [0.05, 0.1) is 12.8 Å². The summed E-state index contributed by atoms with van der Waals surface area (Å²) in [6, 6.07) is 1.84. The molecule has 1 aromatic heterocycles. The molecule has 0 radical (unpaired) electrons. The van der Waals surface area contributed by atoms with Crippen LogP contribution in [0.5, 0.6) is 0 Å². The van der Waals surface area contributed by atoms with Crippen molar-refractivity contribution in [2.45, 2.75) is 19.5 Å². The highest BCUT2D eigenvalue weighted by atomic mass is 16.3. The Kier molecular flexibility index (Phi) is 3.81. The maximum absolute atomic E-state index is 11.8. The third-order valence-electron chi connectivity index (χ3n) is 3.22. The molecule has 0 saturated carbocycles. The van der Waals surface area contributed by atoms with Crippen LogP contribution in [0.15, 0.2) is 16.7 Å². The highest BCUT2D eigenvalue weighted by Crippen LogP contribution is 2.15. The molecule has 0 spiro atoms. The van der Waals surface area contributed by atoms with E-state index in [1.54, 1.807) is 13.3 Å². The lowest BCUT2D eigenvalue weighted by atomic mass is 10.1. The summed E-state index contributed by atoms with van der Waals surface area (Å²) in [5.41, 5.74) is 1.14. The molecule has 1 unspecified atom stereocenters. The lowest BCUT2D eigenvalue weighted by Gasteiger charge is -2.34. The summed E-state index contributed by atoms with van der Waals surface area (Å²) in [5.74, 6) is 1.00. The number of amides is 1. The number of aryl methyl sites for hydroxylation is 1. The third-order valence-corrected chi connectivity index (χ3v) is 3.22. The molecule has 1 saturated heterocycles. The number of carbonyl (C=O) groups excluding carboxylic acids is 1. The minimum Gasteiger partial charge on any atom is -0.468 e. The smallest absolute Gasteiger partial charge is 0.238 e. The average Bonchev–Trinajstić information content (AvgIpc) is 2.75. The molecule has 94 valence electrons. The van der Waals surface area contributed by atoms with E-state index in [0.717, 1.165) is 24.4 Å². The van der Waals surface area contributed by atoms with E-state index < -0.39 is 0 Å². The van der Waals surface area contributed by atoms with Gasteiger partial charge in [0.2, 0.25) is 5.91 Å². The summed E-state index contributed by atoms with van der Waals surface area (Å²) in [6.07, 6.45) is 1.70. The number of rotatable bonds is 3. The Morgan fingerprint density at radius 3 is 3.18 bits per heavy atom. The van der Waals surface area contributed by atoms with E-state index in [1.807, 2.05) is 13.0 Å². The fourth-order valence-electron chi connectivity index (χ4n) is 2.11. The van der Waals surface area contributed by atoms with E-state index in [2.05, 4.69) is 15.5 Å². The molecule has 1 atom stereocenters. The Bertz CT molecular complexity index is 389. The Balaban J connectivity index is 2.06. The van der Waals surface area contributed by atoms with E-state index in [1.165, 1.54) is 0 Å². The van der Waals surface area contributed by atoms with Crippen LogP contribution in [0, 0.1) is 6.92 Å². The van der Waals surface area contributed by atoms with Crippen molar-refractivity contribution in [3.8, 4) is 0 Å². The second-order valence-electron chi connectivity index (χ2n) is 4.33. The van der Waals surface area contributed by atoms with Gasteiger partial charge in [-0.05, 0) is 18.6 Å². The molecule has 5 heteroatoms. The van der Waals surface area contributed by atoms with Crippen LogP contribution in [0.3, 0.4) is 0 Å². The van der Waals surface area contributed by atoms with Crippen molar-refractivity contribution in [3.05, 3.63) is 23.7 Å². The second-order valence-corrected chi connectivity index (χ2v) is 4.33. The Morgan fingerprint density at radius 1 is 1.71 bits per heavy atom. The molecule has 17 heavy (non-hydrogen) atoms. The Hall–Kier alpha value is -1.33. The average molecular weight is 237 g/mol. The fraction of sp³-hybridized carbons (Fsp3) is 0.583. The third kappa shape index (κ3) is 2.68. The van der Waals surface area contributed by atoms with Crippen LogP contribution in [0.1, 0.15) is 11.3 Å². The van der Waals surface area contributed by atoms with Gasteiger partial charge in [-0.1, -0.05) is 0 Å². The van der Waals surface area contributed by atoms with Crippen molar-refractivity contribution in [1.82, 2.24) is 15.5 Å². The van der Waals surface area contributed by atoms with E-state index in [4.69, 9.17) is 4.42 Å². The van der Waals surface area contributed by atoms with Gasteiger partial charge in [0.25, 0.3) is 0 Å². The van der Waals surface area contributed by atoms with Gasteiger partial charge in [0, 0.05) is 26.7 Å². The van der Waals surface area contributed by atoms with Gasteiger partial charge < -0.3 is 15.1 Å². The van der Waals surface area contributed by atoms with Crippen LogP contribution < -0.4 is 10.6 Å². The molecule has 2 rings (SSSR count). The standard InChI is InChI=1S/C12H19N3O2/c1-9-3-6-17-11(9)8-15-5-4-14-7-10(15)12(16)13-2/h3,6,10,14H,4-5,7-8H2,1-2H3,(H,13,16). The molecule has 2 N–H and O–H groups in total. The second kappa shape index (κ2) is 5.33. The molecule has 1 aromatic rings. The van der Waals surface area contributed by atoms with E-state index in [-0.39, 0.29) is 11.9 Å². The number of hydrogen-bond donors (Lipinski definition) is 2. The topological polar surface area (TPSA) is 57.5 Å². The number of nitrogens with one attached hydrogen (secondary N) is 2. The maximum atomic E-state index is 11.8. The van der Waals surface area contributed by atoms with E-state index in [0.29, 0.717) is 13.1 Å². The molecule has 0 aliphatic carbocycles. The van der Waals surface area contributed by atoms with Crippen molar-refractivity contribution in [2.24, 2.45) is 0 Å². The molecule has 0 bridgehead atoms. The molecule has 5 nitrogen and oxygen atoms in total. The quantitative estimate of drug-likeness (QED) is 0.783. The highest BCUT2D eigenvalue weighted by molar-refractivity contribution is 5.81. The van der Waals surface area contributed by atoms with E-state index in [9.17, 15) is 4.79 Å². The Labute approximate surface area is 101 Å². The highest BCUT2D eigenvalue weighted by Gasteiger charge is 2.28. The van der Waals surface area contributed by atoms with Crippen LogP contribution in [0.4, 0.5) is 0 Å². The predicted molar refractivity (Wildman–Crippen MR) is 64.6 cm³/mol. The molecule has 1 fully saturated rings. The zero-order valence-corrected chi connectivity index (χ0v) is 10.3. The largest absolute Gasteiger partial charge is 0.468 e. The van der Waals surface area contributed by atoms with Gasteiger partial charge in [-0.25, -0.2) is 0 Å². The van der Waals surface area contributed by atoms with Gasteiger partial charge >= 0.3 is 0 Å². The minimum absolute atomic E-state index is 0.0569. The molecular weight excluding hydrogens is 218 g/mol. The molecule has 0 aromatic carbocycles. The molecule has 1 amide bonds. The van der Waals surface area contributed by atoms with Gasteiger partial charge in [-0.2, -0.15) is 0 Å². The van der Waals surface area contributed by atoms with E-state index >= 15 is 0 Å². The fourth-order valence-corrected chi connectivity index (χ4v) is 2.11. The summed E-state index contributed by atoms with van der Waals surface area (Å²) in [4.78, 5) is 13.9. The first-order valence-electron chi connectivity index (χ1n) is 5.91. The molecule has 2 heterocycles. The lowest BCUT2D eigenvalue weighted by molar-refractivity contribution is -0.126. The zero-order chi connectivity index (χ0) is 12.3. The number of furan rings is 1. The lowest BCUT2D eigenvalue weighted by Crippen LogP contribution is -2.56. The maximum Gasteiger partial charge on any atom is 0.238 e. The first kappa shape index (κ1) is 12.1. The first-order valence-corrected chi connectivity index (χ1v) is 5.91. The van der Waals surface area contributed by atoms with Gasteiger partial charge in [0.1, 0.15) is 11.8 Å². The van der Waals surface area contributed by atoms with Gasteiger partial charge in [-0.3, -0.25) is 9.69 Å². The number of carbonyl (C=O) groups is 1. The summed E-state index contributed by atoms with van der Waals surface area (Å²) in [7, 11) is 1.67. The van der Waals surface area contributed by atoms with Crippen molar-refractivity contribution in [3.63, 3.8) is 0 Å². The minimum atomic E-state index is -0.113. The molecular formula is C12H19N3O2. The van der Waals surface area contributed by atoms with Crippen LogP contribution in [-0.4, -0.2) is 43.5 Å². The monoisotopic (exact) mass is 237 g/mol. The Morgan fingerprint density at radius 2 is 2.53 bits per heavy atom. The van der Waals surface area contributed by atoms with Crippen molar-refractivity contribution >= 4 is 5.91 Å². The summed E-state index contributed by atoms with van der Waals surface area (Å²) in [5, 5.41) is 5.95. The number of piperazine rings is 1. The van der Waals surface area contributed by atoms with Crippen molar-refractivity contribution in [1.29, 1.82) is 0 Å². The van der Waals surface area contributed by atoms with Crippen molar-refractivity contribution < 1.29 is 9.21 Å². The molecule has 1 aliphatic heterocycles.